The zero-order chi connectivity index (χ0) is 19.6. The molecule has 0 N–H and O–H groups in total. The van der Waals surface area contributed by atoms with Crippen LogP contribution in [0.4, 0.5) is 8.78 Å². The maximum atomic E-state index is 12.4. The molecule has 3 aromatic rings. The van der Waals surface area contributed by atoms with Gasteiger partial charge in [0.25, 0.3) is 0 Å². The first kappa shape index (κ1) is 18.4. The quantitative estimate of drug-likeness (QED) is 0.382. The molecule has 3 rings (SSSR count). The molecule has 6 nitrogen and oxygen atoms in total. The first-order valence-corrected chi connectivity index (χ1v) is 7.77. The van der Waals surface area contributed by atoms with Gasteiger partial charge in [-0.1, -0.05) is 0 Å². The Morgan fingerprint density at radius 2 is 1.85 bits per heavy atom. The number of ether oxygens (including phenoxy) is 3. The van der Waals surface area contributed by atoms with Gasteiger partial charge in [0, 0.05) is 17.5 Å². The molecule has 0 aliphatic rings. The van der Waals surface area contributed by atoms with E-state index in [0.717, 1.165) is 5.56 Å². The van der Waals surface area contributed by atoms with Crippen molar-refractivity contribution >= 4 is 16.9 Å². The van der Waals surface area contributed by atoms with Crippen molar-refractivity contribution in [3.05, 3.63) is 64.0 Å². The third-order valence-corrected chi connectivity index (χ3v) is 3.75. The van der Waals surface area contributed by atoms with E-state index in [9.17, 15) is 18.4 Å². The first-order chi connectivity index (χ1) is 12.9. The lowest BCUT2D eigenvalue weighted by atomic mass is 10.1. The largest absolute Gasteiger partial charge is 0.493 e. The lowest BCUT2D eigenvalue weighted by molar-refractivity contribution is -0.0512. The fourth-order valence-electron chi connectivity index (χ4n) is 2.52. The third kappa shape index (κ3) is 4.05. The van der Waals surface area contributed by atoms with Gasteiger partial charge >= 0.3 is 18.2 Å². The van der Waals surface area contributed by atoms with Crippen molar-refractivity contribution in [2.24, 2.45) is 0 Å². The van der Waals surface area contributed by atoms with E-state index in [2.05, 4.69) is 4.74 Å². The van der Waals surface area contributed by atoms with Gasteiger partial charge in [-0.3, -0.25) is 0 Å². The predicted molar refractivity (Wildman–Crippen MR) is 91.8 cm³/mol. The average molecular weight is 376 g/mol. The first-order valence-electron chi connectivity index (χ1n) is 7.77. The van der Waals surface area contributed by atoms with Crippen LogP contribution in [0.15, 0.2) is 51.7 Å². The molecule has 0 bridgehead atoms. The monoisotopic (exact) mass is 376 g/mol. The molecule has 27 heavy (non-hydrogen) atoms. The molecule has 0 radical (unpaired) electrons. The Labute approximate surface area is 151 Å². The van der Waals surface area contributed by atoms with Gasteiger partial charge in [0.2, 0.25) is 0 Å². The third-order valence-electron chi connectivity index (χ3n) is 3.75. The van der Waals surface area contributed by atoms with E-state index in [1.54, 1.807) is 19.1 Å². The van der Waals surface area contributed by atoms with Crippen molar-refractivity contribution in [3.8, 4) is 17.2 Å². The molecule has 0 saturated heterocycles. The number of rotatable bonds is 5. The molecule has 1 aromatic heterocycles. The predicted octanol–water partition coefficient (Wildman–Crippen LogP) is 3.93. The molecule has 0 fully saturated rings. The zero-order valence-corrected chi connectivity index (χ0v) is 14.3. The number of carbonyl (C=O) groups is 1. The van der Waals surface area contributed by atoms with Gasteiger partial charge in [0.15, 0.2) is 11.5 Å². The van der Waals surface area contributed by atoms with E-state index >= 15 is 0 Å². The van der Waals surface area contributed by atoms with Crippen molar-refractivity contribution in [3.63, 3.8) is 0 Å². The van der Waals surface area contributed by atoms with Crippen LogP contribution in [0.1, 0.15) is 15.9 Å². The van der Waals surface area contributed by atoms with Gasteiger partial charge in [0.05, 0.1) is 12.7 Å². The molecule has 0 aliphatic heterocycles. The summed E-state index contributed by atoms with van der Waals surface area (Å²) in [6, 6.07) is 9.69. The summed E-state index contributed by atoms with van der Waals surface area (Å²) in [4.78, 5) is 23.8. The van der Waals surface area contributed by atoms with Crippen LogP contribution in [0.2, 0.25) is 0 Å². The van der Waals surface area contributed by atoms with Gasteiger partial charge in [-0.2, -0.15) is 8.78 Å². The van der Waals surface area contributed by atoms with Crippen LogP contribution in [-0.4, -0.2) is 19.7 Å². The smallest absolute Gasteiger partial charge is 0.387 e. The Kier molecular flexibility index (Phi) is 5.07. The summed E-state index contributed by atoms with van der Waals surface area (Å²) in [6.07, 6.45) is 0. The highest BCUT2D eigenvalue weighted by molar-refractivity contribution is 5.92. The zero-order valence-electron chi connectivity index (χ0n) is 14.3. The number of esters is 1. The van der Waals surface area contributed by atoms with E-state index in [4.69, 9.17) is 13.9 Å². The van der Waals surface area contributed by atoms with E-state index in [-0.39, 0.29) is 28.4 Å². The molecular weight excluding hydrogens is 362 g/mol. The molecule has 0 unspecified atom stereocenters. The summed E-state index contributed by atoms with van der Waals surface area (Å²) in [5.74, 6) is -0.823. The lowest BCUT2D eigenvalue weighted by Crippen LogP contribution is -2.10. The van der Waals surface area contributed by atoms with Crippen LogP contribution in [0.3, 0.4) is 0 Å². The number of methoxy groups -OCH3 is 1. The summed E-state index contributed by atoms with van der Waals surface area (Å²) in [6.45, 7) is -1.26. The van der Waals surface area contributed by atoms with Crippen LogP contribution in [0.25, 0.3) is 11.0 Å². The minimum atomic E-state index is -3.02. The van der Waals surface area contributed by atoms with E-state index in [1.165, 1.54) is 37.4 Å². The second kappa shape index (κ2) is 7.45. The van der Waals surface area contributed by atoms with Crippen LogP contribution in [0.5, 0.6) is 17.2 Å². The molecule has 0 amide bonds. The highest BCUT2D eigenvalue weighted by Crippen LogP contribution is 2.30. The minimum Gasteiger partial charge on any atom is -0.493 e. The highest BCUT2D eigenvalue weighted by atomic mass is 19.3. The van der Waals surface area contributed by atoms with E-state index < -0.39 is 18.2 Å². The second-order valence-electron chi connectivity index (χ2n) is 5.54. The van der Waals surface area contributed by atoms with Crippen molar-refractivity contribution in [1.82, 2.24) is 0 Å². The second-order valence-corrected chi connectivity index (χ2v) is 5.54. The fourth-order valence-corrected chi connectivity index (χ4v) is 2.52. The standard InChI is InChI=1S/C19H14F2O6/c1-10-7-17(22)26-15-9-12(4-5-13(10)15)25-18(23)11-3-6-14(27-19(20)21)16(8-11)24-2/h3-9,19H,1-2H3. The Hall–Kier alpha value is -3.42. The topological polar surface area (TPSA) is 75.0 Å². The van der Waals surface area contributed by atoms with Crippen LogP contribution < -0.4 is 19.8 Å². The lowest BCUT2D eigenvalue weighted by Gasteiger charge is -2.11. The van der Waals surface area contributed by atoms with E-state index in [1.807, 2.05) is 0 Å². The number of alkyl halides is 2. The molecule has 0 spiro atoms. The Morgan fingerprint density at radius 1 is 1.07 bits per heavy atom. The highest BCUT2D eigenvalue weighted by Gasteiger charge is 2.16. The summed E-state index contributed by atoms with van der Waals surface area (Å²) < 4.78 is 44.4. The molecule has 1 heterocycles. The Bertz CT molecular complexity index is 1060. The van der Waals surface area contributed by atoms with Crippen molar-refractivity contribution in [2.45, 2.75) is 13.5 Å². The van der Waals surface area contributed by atoms with Crippen molar-refractivity contribution in [1.29, 1.82) is 0 Å². The number of fused-ring (bicyclic) bond motifs is 1. The van der Waals surface area contributed by atoms with Crippen LogP contribution in [0, 0.1) is 6.92 Å². The molecule has 8 heteroatoms. The van der Waals surface area contributed by atoms with Gasteiger partial charge in [-0.15, -0.1) is 0 Å². The molecule has 140 valence electrons. The van der Waals surface area contributed by atoms with Crippen molar-refractivity contribution in [2.75, 3.05) is 7.11 Å². The molecule has 0 atom stereocenters. The maximum absolute atomic E-state index is 12.4. The summed E-state index contributed by atoms with van der Waals surface area (Å²) in [7, 11) is 1.26. The Balaban J connectivity index is 1.86. The molecular formula is C19H14F2O6. The van der Waals surface area contributed by atoms with E-state index in [0.29, 0.717) is 5.39 Å². The number of benzene rings is 2. The van der Waals surface area contributed by atoms with Crippen molar-refractivity contribution < 1.29 is 32.2 Å². The summed E-state index contributed by atoms with van der Waals surface area (Å²) in [5, 5.41) is 0.713. The van der Waals surface area contributed by atoms with Gasteiger partial charge in [0.1, 0.15) is 11.3 Å². The number of aryl methyl sites for hydroxylation is 1. The van der Waals surface area contributed by atoms with Gasteiger partial charge in [-0.05, 0) is 42.8 Å². The Morgan fingerprint density at radius 3 is 2.56 bits per heavy atom. The molecule has 2 aromatic carbocycles. The number of hydrogen-bond donors (Lipinski definition) is 0. The minimum absolute atomic E-state index is 0.0371. The summed E-state index contributed by atoms with van der Waals surface area (Å²) in [5.41, 5.74) is 0.573. The molecule has 0 saturated carbocycles. The molecule has 0 aliphatic carbocycles. The summed E-state index contributed by atoms with van der Waals surface area (Å²) >= 11 is 0. The SMILES string of the molecule is COc1cc(C(=O)Oc2ccc3c(C)cc(=O)oc3c2)ccc1OC(F)F. The average Bonchev–Trinajstić information content (AvgIpc) is 2.61. The van der Waals surface area contributed by atoms with Gasteiger partial charge < -0.3 is 18.6 Å². The number of halogens is 2. The maximum Gasteiger partial charge on any atom is 0.387 e. The number of carbonyl (C=O) groups excluding carboxylic acids is 1. The number of hydrogen-bond acceptors (Lipinski definition) is 6. The van der Waals surface area contributed by atoms with Crippen LogP contribution in [-0.2, 0) is 0 Å². The fraction of sp³-hybridized carbons (Fsp3) is 0.158. The van der Waals surface area contributed by atoms with Gasteiger partial charge in [-0.25, -0.2) is 9.59 Å². The van der Waals surface area contributed by atoms with Crippen LogP contribution >= 0.6 is 0 Å². The normalized spacial score (nSPS) is 10.9.